The standard InChI is InChI=1S/C15H18F3NOS/c16-15(17,18)12-9-10(14(19)21)7-8-13(12)20-11-5-3-1-2-4-6-11/h7-9,11H,1-6H2,(H2,19,21). The summed E-state index contributed by atoms with van der Waals surface area (Å²) < 4.78 is 45.1. The lowest BCUT2D eigenvalue weighted by molar-refractivity contribution is -0.139. The molecule has 0 unspecified atom stereocenters. The molecule has 1 aliphatic carbocycles. The van der Waals surface area contributed by atoms with Gasteiger partial charge >= 0.3 is 6.18 Å². The summed E-state index contributed by atoms with van der Waals surface area (Å²) >= 11 is 4.74. The Morgan fingerprint density at radius 3 is 2.29 bits per heavy atom. The van der Waals surface area contributed by atoms with Crippen molar-refractivity contribution < 1.29 is 17.9 Å². The lowest BCUT2D eigenvalue weighted by atomic mass is 10.1. The Morgan fingerprint density at radius 2 is 1.76 bits per heavy atom. The zero-order chi connectivity index (χ0) is 15.5. The molecule has 2 N–H and O–H groups in total. The van der Waals surface area contributed by atoms with Crippen molar-refractivity contribution in [3.63, 3.8) is 0 Å². The fraction of sp³-hybridized carbons (Fsp3) is 0.533. The highest BCUT2D eigenvalue weighted by atomic mass is 32.1. The highest BCUT2D eigenvalue weighted by Crippen LogP contribution is 2.38. The molecule has 1 fully saturated rings. The van der Waals surface area contributed by atoms with Crippen LogP contribution in [-0.2, 0) is 6.18 Å². The molecule has 6 heteroatoms. The molecular weight excluding hydrogens is 299 g/mol. The third-order valence-electron chi connectivity index (χ3n) is 3.67. The van der Waals surface area contributed by atoms with Crippen LogP contribution in [0.2, 0.25) is 0 Å². The summed E-state index contributed by atoms with van der Waals surface area (Å²) in [5.41, 5.74) is 4.80. The number of hydrogen-bond acceptors (Lipinski definition) is 2. The maximum absolute atomic E-state index is 13.2. The van der Waals surface area contributed by atoms with Crippen molar-refractivity contribution in [1.82, 2.24) is 0 Å². The molecule has 0 saturated heterocycles. The summed E-state index contributed by atoms with van der Waals surface area (Å²) in [5.74, 6) is -0.130. The molecule has 21 heavy (non-hydrogen) atoms. The molecule has 0 spiro atoms. The highest BCUT2D eigenvalue weighted by Gasteiger charge is 2.35. The second-order valence-corrected chi connectivity index (χ2v) is 5.74. The van der Waals surface area contributed by atoms with Crippen LogP contribution in [0.1, 0.15) is 49.7 Å². The summed E-state index contributed by atoms with van der Waals surface area (Å²) in [7, 11) is 0. The summed E-state index contributed by atoms with van der Waals surface area (Å²) in [6.45, 7) is 0. The fourth-order valence-electron chi connectivity index (χ4n) is 2.55. The minimum absolute atomic E-state index is 0.0542. The second kappa shape index (κ2) is 6.64. The Balaban J connectivity index is 2.27. The van der Waals surface area contributed by atoms with Crippen molar-refractivity contribution in [3.8, 4) is 5.75 Å². The van der Waals surface area contributed by atoms with E-state index < -0.39 is 11.7 Å². The topological polar surface area (TPSA) is 35.2 Å². The fourth-order valence-corrected chi connectivity index (χ4v) is 2.67. The monoisotopic (exact) mass is 317 g/mol. The van der Waals surface area contributed by atoms with Crippen LogP contribution in [0.5, 0.6) is 5.75 Å². The molecule has 0 atom stereocenters. The Hall–Kier alpha value is -1.30. The van der Waals surface area contributed by atoms with Gasteiger partial charge in [-0.25, -0.2) is 0 Å². The molecule has 0 aromatic heterocycles. The van der Waals surface area contributed by atoms with Crippen LogP contribution in [0.15, 0.2) is 18.2 Å². The molecule has 2 nitrogen and oxygen atoms in total. The number of benzene rings is 1. The van der Waals surface area contributed by atoms with Gasteiger partial charge in [0.15, 0.2) is 0 Å². The molecule has 1 aromatic carbocycles. The van der Waals surface area contributed by atoms with Gasteiger partial charge in [0.05, 0.1) is 11.7 Å². The third kappa shape index (κ3) is 4.33. The van der Waals surface area contributed by atoms with Crippen LogP contribution >= 0.6 is 12.2 Å². The quantitative estimate of drug-likeness (QED) is 0.661. The average molecular weight is 317 g/mol. The number of rotatable bonds is 3. The Labute approximate surface area is 127 Å². The van der Waals surface area contributed by atoms with E-state index in [1.54, 1.807) is 0 Å². The van der Waals surface area contributed by atoms with Crippen molar-refractivity contribution in [1.29, 1.82) is 0 Å². The zero-order valence-corrected chi connectivity index (χ0v) is 12.4. The van der Waals surface area contributed by atoms with E-state index in [1.165, 1.54) is 12.1 Å². The van der Waals surface area contributed by atoms with E-state index >= 15 is 0 Å². The van der Waals surface area contributed by atoms with E-state index in [4.69, 9.17) is 22.7 Å². The molecule has 0 aliphatic heterocycles. The maximum atomic E-state index is 13.2. The lowest BCUT2D eigenvalue weighted by Gasteiger charge is -2.21. The van der Waals surface area contributed by atoms with E-state index in [2.05, 4.69) is 0 Å². The first-order valence-electron chi connectivity index (χ1n) is 7.05. The summed E-state index contributed by atoms with van der Waals surface area (Å²) in [6, 6.07) is 3.76. The summed E-state index contributed by atoms with van der Waals surface area (Å²) in [6.07, 6.45) is 1.19. The van der Waals surface area contributed by atoms with Crippen LogP contribution in [0.3, 0.4) is 0 Å². The van der Waals surface area contributed by atoms with E-state index in [0.29, 0.717) is 0 Å². The third-order valence-corrected chi connectivity index (χ3v) is 3.90. The van der Waals surface area contributed by atoms with Gasteiger partial charge in [0, 0.05) is 5.56 Å². The number of alkyl halides is 3. The van der Waals surface area contributed by atoms with Crippen LogP contribution < -0.4 is 10.5 Å². The highest BCUT2D eigenvalue weighted by molar-refractivity contribution is 7.80. The van der Waals surface area contributed by atoms with Crippen LogP contribution in [-0.4, -0.2) is 11.1 Å². The van der Waals surface area contributed by atoms with E-state index in [-0.39, 0.29) is 22.4 Å². The molecule has 0 radical (unpaired) electrons. The predicted octanol–water partition coefficient (Wildman–Crippen LogP) is 4.44. The predicted molar refractivity (Wildman–Crippen MR) is 79.4 cm³/mol. The second-order valence-electron chi connectivity index (χ2n) is 5.30. The number of thiocarbonyl (C=S) groups is 1. The first kappa shape index (κ1) is 16.1. The molecule has 0 bridgehead atoms. The molecule has 116 valence electrons. The summed E-state index contributed by atoms with van der Waals surface area (Å²) in [4.78, 5) is -0.0542. The SMILES string of the molecule is NC(=S)c1ccc(OC2CCCCCC2)c(C(F)(F)F)c1. The van der Waals surface area contributed by atoms with Gasteiger partial charge in [-0.15, -0.1) is 0 Å². The molecule has 1 aromatic rings. The van der Waals surface area contributed by atoms with Crippen molar-refractivity contribution in [2.24, 2.45) is 5.73 Å². The number of halogens is 3. The average Bonchev–Trinajstić information content (AvgIpc) is 2.66. The van der Waals surface area contributed by atoms with E-state index in [0.717, 1.165) is 44.6 Å². The largest absolute Gasteiger partial charge is 0.490 e. The van der Waals surface area contributed by atoms with Gasteiger partial charge in [0.25, 0.3) is 0 Å². The first-order valence-corrected chi connectivity index (χ1v) is 7.46. The Morgan fingerprint density at radius 1 is 1.14 bits per heavy atom. The van der Waals surface area contributed by atoms with Gasteiger partial charge in [-0.2, -0.15) is 13.2 Å². The maximum Gasteiger partial charge on any atom is 0.419 e. The minimum Gasteiger partial charge on any atom is -0.490 e. The number of nitrogens with two attached hydrogens (primary N) is 1. The number of hydrogen-bond donors (Lipinski definition) is 1. The lowest BCUT2D eigenvalue weighted by Crippen LogP contribution is -2.19. The molecule has 1 aliphatic rings. The smallest absolute Gasteiger partial charge is 0.419 e. The van der Waals surface area contributed by atoms with Crippen molar-refractivity contribution >= 4 is 17.2 Å². The normalized spacial score (nSPS) is 17.3. The van der Waals surface area contributed by atoms with E-state index in [1.807, 2.05) is 0 Å². The van der Waals surface area contributed by atoms with Gasteiger partial charge in [-0.05, 0) is 43.9 Å². The molecule has 0 amide bonds. The molecular formula is C15H18F3NOS. The summed E-state index contributed by atoms with van der Waals surface area (Å²) in [5, 5.41) is 0. The van der Waals surface area contributed by atoms with Crippen LogP contribution in [0.4, 0.5) is 13.2 Å². The van der Waals surface area contributed by atoms with E-state index in [9.17, 15) is 13.2 Å². The zero-order valence-electron chi connectivity index (χ0n) is 11.6. The van der Waals surface area contributed by atoms with Crippen molar-refractivity contribution in [2.75, 3.05) is 0 Å². The van der Waals surface area contributed by atoms with Crippen LogP contribution in [0.25, 0.3) is 0 Å². The van der Waals surface area contributed by atoms with Gasteiger partial charge in [-0.3, -0.25) is 0 Å². The first-order chi connectivity index (χ1) is 9.88. The Bertz CT molecular complexity index is 508. The van der Waals surface area contributed by atoms with Gasteiger partial charge in [0.2, 0.25) is 0 Å². The molecule has 0 heterocycles. The molecule has 2 rings (SSSR count). The number of ether oxygens (including phenoxy) is 1. The van der Waals surface area contributed by atoms with Crippen molar-refractivity contribution in [3.05, 3.63) is 29.3 Å². The van der Waals surface area contributed by atoms with Gasteiger partial charge < -0.3 is 10.5 Å². The van der Waals surface area contributed by atoms with Gasteiger partial charge in [0.1, 0.15) is 10.7 Å². The van der Waals surface area contributed by atoms with Crippen LogP contribution in [0, 0.1) is 0 Å². The Kier molecular flexibility index (Phi) is 5.08. The minimum atomic E-state index is -4.49. The van der Waals surface area contributed by atoms with Gasteiger partial charge in [-0.1, -0.05) is 25.1 Å². The molecule has 1 saturated carbocycles. The van der Waals surface area contributed by atoms with Crippen molar-refractivity contribution in [2.45, 2.75) is 50.8 Å².